The van der Waals surface area contributed by atoms with E-state index in [2.05, 4.69) is 41.6 Å². The van der Waals surface area contributed by atoms with Gasteiger partial charge in [-0.05, 0) is 23.8 Å². The molecule has 0 saturated heterocycles. The Balaban J connectivity index is 1.90. The fourth-order valence-electron chi connectivity index (χ4n) is 2.44. The average molecular weight is 340 g/mol. The molecular formula is C18H20N4OS. The van der Waals surface area contributed by atoms with Gasteiger partial charge in [0.1, 0.15) is 5.82 Å². The summed E-state index contributed by atoms with van der Waals surface area (Å²) in [6.45, 7) is 6.28. The summed E-state index contributed by atoms with van der Waals surface area (Å²) in [6, 6.07) is 12.1. The highest BCUT2D eigenvalue weighted by atomic mass is 32.2. The minimum absolute atomic E-state index is 0.0257. The Morgan fingerprint density at radius 3 is 2.75 bits per heavy atom. The molecule has 1 amide bonds. The number of carbonyl (C=O) groups is 1. The van der Waals surface area contributed by atoms with Gasteiger partial charge in [-0.1, -0.05) is 43.8 Å². The van der Waals surface area contributed by atoms with Crippen LogP contribution in [0.4, 0.5) is 0 Å². The van der Waals surface area contributed by atoms with Crippen molar-refractivity contribution in [2.24, 2.45) is 0 Å². The van der Waals surface area contributed by atoms with Crippen molar-refractivity contribution in [3.05, 3.63) is 54.0 Å². The molecule has 0 aliphatic carbocycles. The monoisotopic (exact) mass is 340 g/mol. The first kappa shape index (κ1) is 16.5. The Kier molecular flexibility index (Phi) is 4.85. The molecule has 2 aromatic heterocycles. The summed E-state index contributed by atoms with van der Waals surface area (Å²) in [5.74, 6) is 1.24. The van der Waals surface area contributed by atoms with E-state index in [4.69, 9.17) is 0 Å². The molecule has 0 spiro atoms. The number of benzene rings is 1. The van der Waals surface area contributed by atoms with Crippen molar-refractivity contribution in [1.82, 2.24) is 19.9 Å². The number of nitrogens with zero attached hydrogens (tertiary/aromatic N) is 3. The molecule has 0 saturated carbocycles. The van der Waals surface area contributed by atoms with Gasteiger partial charge in [-0.2, -0.15) is 0 Å². The molecule has 1 aromatic carbocycles. The van der Waals surface area contributed by atoms with Crippen LogP contribution in [0.15, 0.2) is 52.4 Å². The fraction of sp³-hybridized carbons (Fsp3) is 0.278. The van der Waals surface area contributed by atoms with E-state index >= 15 is 0 Å². The van der Waals surface area contributed by atoms with Gasteiger partial charge < -0.3 is 5.32 Å². The first-order chi connectivity index (χ1) is 11.5. The molecule has 3 aromatic rings. The number of pyridine rings is 1. The second-order valence-electron chi connectivity index (χ2n) is 5.93. The summed E-state index contributed by atoms with van der Waals surface area (Å²) in [4.78, 5) is 13.4. The number of fused-ring (bicyclic) bond motifs is 1. The van der Waals surface area contributed by atoms with Crippen molar-refractivity contribution >= 4 is 23.3 Å². The number of carbonyl (C=O) groups excluding carboxylic acids is 1. The zero-order valence-electron chi connectivity index (χ0n) is 14.0. The Morgan fingerprint density at radius 1 is 1.21 bits per heavy atom. The molecule has 0 fully saturated rings. The Hall–Kier alpha value is -2.34. The van der Waals surface area contributed by atoms with Gasteiger partial charge in [0.05, 0.1) is 0 Å². The van der Waals surface area contributed by atoms with Crippen molar-refractivity contribution in [2.45, 2.75) is 43.0 Å². The third-order valence-corrected chi connectivity index (χ3v) is 4.74. The molecule has 0 atom stereocenters. The van der Waals surface area contributed by atoms with Crippen LogP contribution in [0.25, 0.3) is 5.65 Å². The van der Waals surface area contributed by atoms with Crippen LogP contribution in [0, 0.1) is 0 Å². The first-order valence-electron chi connectivity index (χ1n) is 7.89. The fourth-order valence-corrected chi connectivity index (χ4v) is 3.41. The third-order valence-electron chi connectivity index (χ3n) is 3.65. The van der Waals surface area contributed by atoms with E-state index in [9.17, 15) is 4.79 Å². The molecule has 0 radical (unpaired) electrons. The van der Waals surface area contributed by atoms with Gasteiger partial charge in [0.15, 0.2) is 5.65 Å². The van der Waals surface area contributed by atoms with Crippen molar-refractivity contribution in [3.63, 3.8) is 0 Å². The maximum absolute atomic E-state index is 11.2. The maximum atomic E-state index is 11.2. The van der Waals surface area contributed by atoms with Gasteiger partial charge in [0.2, 0.25) is 5.91 Å². The summed E-state index contributed by atoms with van der Waals surface area (Å²) >= 11 is 1.68. The smallest absolute Gasteiger partial charge is 0.217 e. The van der Waals surface area contributed by atoms with Crippen LogP contribution in [0.3, 0.4) is 0 Å². The van der Waals surface area contributed by atoms with Crippen molar-refractivity contribution in [2.75, 3.05) is 0 Å². The van der Waals surface area contributed by atoms with Crippen LogP contribution in [0.5, 0.6) is 0 Å². The number of hydrogen-bond acceptors (Lipinski definition) is 4. The minimum Gasteiger partial charge on any atom is -0.352 e. The number of rotatable bonds is 5. The predicted molar refractivity (Wildman–Crippen MR) is 95.2 cm³/mol. The van der Waals surface area contributed by atoms with Gasteiger partial charge in [0, 0.05) is 35.4 Å². The molecule has 1 N–H and O–H groups in total. The summed E-state index contributed by atoms with van der Waals surface area (Å²) in [5, 5.41) is 11.3. The van der Waals surface area contributed by atoms with Crippen LogP contribution in [-0.2, 0) is 11.3 Å². The van der Waals surface area contributed by atoms with Gasteiger partial charge in [0.25, 0.3) is 0 Å². The molecule has 24 heavy (non-hydrogen) atoms. The molecular weight excluding hydrogens is 320 g/mol. The van der Waals surface area contributed by atoms with E-state index in [0.29, 0.717) is 12.5 Å². The SMILES string of the molecule is CC(=O)NCc1ccccc1Sc1ccc2nnc(C(C)C)n2c1. The molecule has 3 rings (SSSR count). The second kappa shape index (κ2) is 7.05. The van der Waals surface area contributed by atoms with Crippen LogP contribution in [0.1, 0.15) is 38.1 Å². The second-order valence-corrected chi connectivity index (χ2v) is 7.04. The summed E-state index contributed by atoms with van der Waals surface area (Å²) in [6.07, 6.45) is 2.07. The maximum Gasteiger partial charge on any atom is 0.217 e. The molecule has 0 unspecified atom stereocenters. The van der Waals surface area contributed by atoms with Crippen molar-refractivity contribution in [3.8, 4) is 0 Å². The predicted octanol–water partition coefficient (Wildman–Crippen LogP) is 3.64. The van der Waals surface area contributed by atoms with E-state index in [1.807, 2.05) is 34.7 Å². The Morgan fingerprint density at radius 2 is 2.00 bits per heavy atom. The number of amides is 1. The molecule has 0 bridgehead atoms. The lowest BCUT2D eigenvalue weighted by Crippen LogP contribution is -2.19. The Bertz CT molecular complexity index is 872. The number of aromatic nitrogens is 3. The summed E-state index contributed by atoms with van der Waals surface area (Å²) in [5.41, 5.74) is 1.96. The molecule has 2 heterocycles. The summed E-state index contributed by atoms with van der Waals surface area (Å²) in [7, 11) is 0. The number of nitrogens with one attached hydrogen (secondary N) is 1. The highest BCUT2D eigenvalue weighted by Crippen LogP contribution is 2.31. The van der Waals surface area contributed by atoms with Gasteiger partial charge >= 0.3 is 0 Å². The van der Waals surface area contributed by atoms with Crippen molar-refractivity contribution < 1.29 is 4.79 Å². The molecule has 0 aliphatic rings. The van der Waals surface area contributed by atoms with E-state index < -0.39 is 0 Å². The Labute approximate surface area is 145 Å². The quantitative estimate of drug-likeness (QED) is 0.770. The zero-order chi connectivity index (χ0) is 17.1. The lowest BCUT2D eigenvalue weighted by molar-refractivity contribution is -0.119. The lowest BCUT2D eigenvalue weighted by atomic mass is 10.2. The average Bonchev–Trinajstić information content (AvgIpc) is 2.97. The van der Waals surface area contributed by atoms with Crippen LogP contribution >= 0.6 is 11.8 Å². The highest BCUT2D eigenvalue weighted by Gasteiger charge is 2.11. The topological polar surface area (TPSA) is 59.3 Å². The number of hydrogen-bond donors (Lipinski definition) is 1. The zero-order valence-corrected chi connectivity index (χ0v) is 14.8. The van der Waals surface area contributed by atoms with Crippen LogP contribution in [-0.4, -0.2) is 20.5 Å². The standard InChI is InChI=1S/C18H20N4OS/c1-12(2)18-21-20-17-9-8-15(11-22(17)18)24-16-7-5-4-6-14(16)10-19-13(3)23/h4-9,11-12H,10H2,1-3H3,(H,19,23). The van der Waals surface area contributed by atoms with Crippen LogP contribution < -0.4 is 5.32 Å². The lowest BCUT2D eigenvalue weighted by Gasteiger charge is -2.10. The van der Waals surface area contributed by atoms with E-state index in [1.165, 1.54) is 6.92 Å². The molecule has 124 valence electrons. The highest BCUT2D eigenvalue weighted by molar-refractivity contribution is 7.99. The van der Waals surface area contributed by atoms with Crippen molar-refractivity contribution in [1.29, 1.82) is 0 Å². The van der Waals surface area contributed by atoms with E-state index in [-0.39, 0.29) is 5.91 Å². The van der Waals surface area contributed by atoms with Gasteiger partial charge in [-0.25, -0.2) is 0 Å². The first-order valence-corrected chi connectivity index (χ1v) is 8.71. The van der Waals surface area contributed by atoms with E-state index in [1.54, 1.807) is 11.8 Å². The largest absolute Gasteiger partial charge is 0.352 e. The normalized spacial score (nSPS) is 11.2. The molecule has 5 nitrogen and oxygen atoms in total. The third kappa shape index (κ3) is 3.59. The van der Waals surface area contributed by atoms with Crippen LogP contribution in [0.2, 0.25) is 0 Å². The van der Waals surface area contributed by atoms with E-state index in [0.717, 1.165) is 26.8 Å². The van der Waals surface area contributed by atoms with Gasteiger partial charge in [-0.15, -0.1) is 10.2 Å². The van der Waals surface area contributed by atoms with Gasteiger partial charge in [-0.3, -0.25) is 9.20 Å². The minimum atomic E-state index is -0.0257. The molecule has 0 aliphatic heterocycles. The summed E-state index contributed by atoms with van der Waals surface area (Å²) < 4.78 is 2.05. The molecule has 6 heteroatoms.